The maximum atomic E-state index is 6.52. The van der Waals surface area contributed by atoms with Crippen LogP contribution in [-0.2, 0) is 0 Å². The maximum absolute atomic E-state index is 6.52. The Kier molecular flexibility index (Phi) is 5.65. The van der Waals surface area contributed by atoms with Crippen LogP contribution in [0, 0.1) is 12.8 Å². The van der Waals surface area contributed by atoms with E-state index in [2.05, 4.69) is 44.0 Å². The van der Waals surface area contributed by atoms with Gasteiger partial charge in [-0.15, -0.1) is 11.3 Å². The van der Waals surface area contributed by atoms with Crippen molar-refractivity contribution < 1.29 is 0 Å². The fourth-order valence-corrected chi connectivity index (χ4v) is 3.99. The highest BCUT2D eigenvalue weighted by Crippen LogP contribution is 2.39. The molecule has 1 aromatic rings. The van der Waals surface area contributed by atoms with Gasteiger partial charge in [-0.25, -0.2) is 0 Å². The highest BCUT2D eigenvalue weighted by molar-refractivity contribution is 7.10. The quantitative estimate of drug-likeness (QED) is 0.772. The molecule has 1 aliphatic rings. The predicted molar refractivity (Wildman–Crippen MR) is 89.2 cm³/mol. The maximum Gasteiger partial charge on any atom is 0.0598 e. The smallest absolute Gasteiger partial charge is 0.0598 e. The first-order valence-corrected chi connectivity index (χ1v) is 8.97. The Morgan fingerprint density at radius 3 is 2.55 bits per heavy atom. The molecule has 2 N–H and O–H groups in total. The zero-order valence-electron chi connectivity index (χ0n) is 13.4. The van der Waals surface area contributed by atoms with Crippen LogP contribution in [0.2, 0.25) is 0 Å². The molecule has 1 saturated carbocycles. The molecule has 2 nitrogen and oxygen atoms in total. The van der Waals surface area contributed by atoms with Gasteiger partial charge in [-0.1, -0.05) is 20.8 Å². The number of nitrogens with zero attached hydrogens (tertiary/aromatic N) is 1. The van der Waals surface area contributed by atoms with Crippen LogP contribution < -0.4 is 5.73 Å². The van der Waals surface area contributed by atoms with Crippen molar-refractivity contribution in [2.45, 2.75) is 71.5 Å². The highest BCUT2D eigenvalue weighted by Gasteiger charge is 2.37. The minimum Gasteiger partial charge on any atom is -0.326 e. The van der Waals surface area contributed by atoms with Crippen molar-refractivity contribution in [1.82, 2.24) is 4.90 Å². The average Bonchev–Trinajstić information content (AvgIpc) is 3.17. The van der Waals surface area contributed by atoms with E-state index < -0.39 is 0 Å². The van der Waals surface area contributed by atoms with Crippen molar-refractivity contribution in [3.8, 4) is 0 Å². The molecule has 0 saturated heterocycles. The Morgan fingerprint density at radius 1 is 1.40 bits per heavy atom. The Labute approximate surface area is 128 Å². The summed E-state index contributed by atoms with van der Waals surface area (Å²) in [4.78, 5) is 4.21. The molecule has 20 heavy (non-hydrogen) atoms. The van der Waals surface area contributed by atoms with Crippen LogP contribution in [0.3, 0.4) is 0 Å². The fourth-order valence-electron chi connectivity index (χ4n) is 2.86. The molecule has 1 aromatic heterocycles. The zero-order valence-corrected chi connectivity index (χ0v) is 14.2. The van der Waals surface area contributed by atoms with Gasteiger partial charge in [0.25, 0.3) is 0 Å². The summed E-state index contributed by atoms with van der Waals surface area (Å²) in [6, 6.07) is 3.69. The van der Waals surface area contributed by atoms with Crippen molar-refractivity contribution >= 4 is 11.3 Å². The molecule has 0 aliphatic heterocycles. The van der Waals surface area contributed by atoms with Gasteiger partial charge in [0.1, 0.15) is 0 Å². The average molecular weight is 295 g/mol. The SMILES string of the molecule is CCC(N)C(c1sccc1C)N(CCC(C)C)C1CC1. The molecular weight excluding hydrogens is 264 g/mol. The van der Waals surface area contributed by atoms with Crippen LogP contribution in [0.5, 0.6) is 0 Å². The third kappa shape index (κ3) is 3.84. The first-order valence-electron chi connectivity index (χ1n) is 8.09. The van der Waals surface area contributed by atoms with Gasteiger partial charge >= 0.3 is 0 Å². The van der Waals surface area contributed by atoms with Crippen LogP contribution in [-0.4, -0.2) is 23.5 Å². The van der Waals surface area contributed by atoms with E-state index in [0.717, 1.165) is 18.4 Å². The van der Waals surface area contributed by atoms with E-state index in [-0.39, 0.29) is 6.04 Å². The second kappa shape index (κ2) is 7.06. The zero-order chi connectivity index (χ0) is 14.7. The summed E-state index contributed by atoms with van der Waals surface area (Å²) in [6.07, 6.45) is 5.03. The molecule has 2 atom stereocenters. The Hall–Kier alpha value is -0.380. The number of rotatable bonds is 8. The molecule has 0 radical (unpaired) electrons. The van der Waals surface area contributed by atoms with E-state index in [1.165, 1.54) is 36.2 Å². The van der Waals surface area contributed by atoms with Crippen LogP contribution in [0.4, 0.5) is 0 Å². The lowest BCUT2D eigenvalue weighted by molar-refractivity contribution is 0.153. The molecule has 0 amide bonds. The first-order chi connectivity index (χ1) is 9.54. The summed E-state index contributed by atoms with van der Waals surface area (Å²) in [5.74, 6) is 0.763. The van der Waals surface area contributed by atoms with E-state index in [4.69, 9.17) is 5.73 Å². The monoisotopic (exact) mass is 294 g/mol. The molecule has 0 bridgehead atoms. The van der Waals surface area contributed by atoms with Gasteiger partial charge in [0, 0.05) is 17.0 Å². The lowest BCUT2D eigenvalue weighted by Crippen LogP contribution is -2.42. The lowest BCUT2D eigenvalue weighted by Gasteiger charge is -2.36. The van der Waals surface area contributed by atoms with Crippen molar-refractivity contribution in [2.75, 3.05) is 6.54 Å². The van der Waals surface area contributed by atoms with Gasteiger partial charge < -0.3 is 5.73 Å². The number of thiophene rings is 1. The van der Waals surface area contributed by atoms with E-state index >= 15 is 0 Å². The number of nitrogens with two attached hydrogens (primary N) is 1. The molecular formula is C17H30N2S. The van der Waals surface area contributed by atoms with Gasteiger partial charge in [0.2, 0.25) is 0 Å². The molecule has 1 fully saturated rings. The minimum absolute atomic E-state index is 0.250. The molecule has 1 heterocycles. The van der Waals surface area contributed by atoms with E-state index in [0.29, 0.717) is 6.04 Å². The standard InChI is InChI=1S/C17H30N2S/c1-5-15(18)16(17-13(4)9-11-20-17)19(14-6-7-14)10-8-12(2)3/h9,11-12,14-16H,5-8,10,18H2,1-4H3. The van der Waals surface area contributed by atoms with E-state index in [1.54, 1.807) is 0 Å². The van der Waals surface area contributed by atoms with E-state index in [9.17, 15) is 0 Å². The summed E-state index contributed by atoms with van der Waals surface area (Å²) < 4.78 is 0. The minimum atomic E-state index is 0.250. The number of hydrogen-bond acceptors (Lipinski definition) is 3. The van der Waals surface area contributed by atoms with Crippen LogP contribution in [0.1, 0.15) is 62.9 Å². The van der Waals surface area contributed by atoms with Crippen LogP contribution in [0.25, 0.3) is 0 Å². The Bertz CT molecular complexity index is 409. The molecule has 0 aromatic carbocycles. The summed E-state index contributed by atoms with van der Waals surface area (Å²) in [5.41, 5.74) is 7.93. The largest absolute Gasteiger partial charge is 0.326 e. The van der Waals surface area contributed by atoms with Crippen molar-refractivity contribution in [2.24, 2.45) is 11.7 Å². The van der Waals surface area contributed by atoms with Gasteiger partial charge in [-0.2, -0.15) is 0 Å². The van der Waals surface area contributed by atoms with Crippen LogP contribution in [0.15, 0.2) is 11.4 Å². The van der Waals surface area contributed by atoms with Crippen molar-refractivity contribution in [3.63, 3.8) is 0 Å². The number of aryl methyl sites for hydroxylation is 1. The second-order valence-electron chi connectivity index (χ2n) is 6.64. The van der Waals surface area contributed by atoms with Crippen LogP contribution >= 0.6 is 11.3 Å². The molecule has 0 spiro atoms. The molecule has 2 rings (SSSR count). The number of hydrogen-bond donors (Lipinski definition) is 1. The molecule has 2 unspecified atom stereocenters. The van der Waals surface area contributed by atoms with E-state index in [1.807, 2.05) is 11.3 Å². The van der Waals surface area contributed by atoms with Gasteiger partial charge in [-0.3, -0.25) is 4.90 Å². The summed E-state index contributed by atoms with van der Waals surface area (Å²) >= 11 is 1.89. The third-order valence-electron chi connectivity index (χ3n) is 4.39. The second-order valence-corrected chi connectivity index (χ2v) is 7.58. The van der Waals surface area contributed by atoms with Gasteiger partial charge in [-0.05, 0) is 62.1 Å². The summed E-state index contributed by atoms with van der Waals surface area (Å²) in [7, 11) is 0. The fraction of sp³-hybridized carbons (Fsp3) is 0.765. The topological polar surface area (TPSA) is 29.3 Å². The molecule has 114 valence electrons. The Balaban J connectivity index is 2.20. The summed E-state index contributed by atoms with van der Waals surface area (Å²) in [6.45, 7) is 10.3. The van der Waals surface area contributed by atoms with Gasteiger partial charge in [0.05, 0.1) is 6.04 Å². The van der Waals surface area contributed by atoms with Crippen molar-refractivity contribution in [1.29, 1.82) is 0 Å². The molecule has 3 heteroatoms. The lowest BCUT2D eigenvalue weighted by atomic mass is 9.99. The van der Waals surface area contributed by atoms with Crippen molar-refractivity contribution in [3.05, 3.63) is 21.9 Å². The first kappa shape index (κ1) is 16.0. The highest BCUT2D eigenvalue weighted by atomic mass is 32.1. The predicted octanol–water partition coefficient (Wildman–Crippen LogP) is 4.35. The normalized spacial score (nSPS) is 18.8. The summed E-state index contributed by atoms with van der Waals surface area (Å²) in [5, 5.41) is 2.22. The third-order valence-corrected chi connectivity index (χ3v) is 5.47. The molecule has 1 aliphatic carbocycles. The Morgan fingerprint density at radius 2 is 2.10 bits per heavy atom. The van der Waals surface area contributed by atoms with Gasteiger partial charge in [0.15, 0.2) is 0 Å².